The number of nitrogens with zero attached hydrogens (tertiary/aromatic N) is 2. The van der Waals surface area contributed by atoms with Crippen LogP contribution in [0.2, 0.25) is 5.15 Å². The molecule has 150 valence electrons. The maximum absolute atomic E-state index is 12.0. The fourth-order valence-electron chi connectivity index (χ4n) is 2.98. The zero-order chi connectivity index (χ0) is 20.1. The van der Waals surface area contributed by atoms with E-state index < -0.39 is 11.7 Å². The molecule has 0 unspecified atom stereocenters. The van der Waals surface area contributed by atoms with Crippen molar-refractivity contribution in [1.82, 2.24) is 9.88 Å². The number of ether oxygens (including phenoxy) is 2. The SMILES string of the molecule is CC(C)(C)OC(=O)Nc1cccc(-c2cc(CN3CCOCC3)cc(Cl)n2)c1. The highest BCUT2D eigenvalue weighted by Crippen LogP contribution is 2.25. The summed E-state index contributed by atoms with van der Waals surface area (Å²) in [5.74, 6) is 0. The number of benzene rings is 1. The number of aromatic nitrogens is 1. The topological polar surface area (TPSA) is 63.7 Å². The summed E-state index contributed by atoms with van der Waals surface area (Å²) < 4.78 is 10.7. The van der Waals surface area contributed by atoms with Gasteiger partial charge in [0, 0.05) is 30.9 Å². The summed E-state index contributed by atoms with van der Waals surface area (Å²) in [5.41, 5.74) is 2.83. The van der Waals surface area contributed by atoms with Crippen LogP contribution in [-0.2, 0) is 16.0 Å². The molecule has 28 heavy (non-hydrogen) atoms. The van der Waals surface area contributed by atoms with Crippen molar-refractivity contribution in [3.8, 4) is 11.3 Å². The number of carbonyl (C=O) groups is 1. The van der Waals surface area contributed by atoms with Crippen LogP contribution in [-0.4, -0.2) is 47.9 Å². The zero-order valence-electron chi connectivity index (χ0n) is 16.5. The number of anilines is 1. The van der Waals surface area contributed by atoms with E-state index in [2.05, 4.69) is 15.2 Å². The zero-order valence-corrected chi connectivity index (χ0v) is 17.3. The molecule has 0 aliphatic carbocycles. The Morgan fingerprint density at radius 1 is 1.25 bits per heavy atom. The standard InChI is InChI=1S/C21H26ClN3O3/c1-21(2,3)28-20(26)23-17-6-4-5-16(13-17)18-11-15(12-19(22)24-18)14-25-7-9-27-10-8-25/h4-6,11-13H,7-10,14H2,1-3H3,(H,23,26). The predicted molar refractivity (Wildman–Crippen MR) is 111 cm³/mol. The second kappa shape index (κ2) is 8.90. The fraction of sp³-hybridized carbons (Fsp3) is 0.429. The third kappa shape index (κ3) is 6.19. The maximum atomic E-state index is 12.0. The molecular formula is C21H26ClN3O3. The predicted octanol–water partition coefficient (Wildman–Crippen LogP) is 4.58. The summed E-state index contributed by atoms with van der Waals surface area (Å²) >= 11 is 6.27. The molecule has 1 amide bonds. The van der Waals surface area contributed by atoms with Crippen LogP contribution < -0.4 is 5.32 Å². The Bertz CT molecular complexity index is 830. The van der Waals surface area contributed by atoms with Gasteiger partial charge in [0.1, 0.15) is 10.8 Å². The van der Waals surface area contributed by atoms with Crippen molar-refractivity contribution in [3.05, 3.63) is 47.1 Å². The summed E-state index contributed by atoms with van der Waals surface area (Å²) in [5, 5.41) is 3.21. The first-order valence-corrected chi connectivity index (χ1v) is 9.73. The van der Waals surface area contributed by atoms with Gasteiger partial charge in [-0.3, -0.25) is 10.2 Å². The van der Waals surface area contributed by atoms with Crippen LogP contribution >= 0.6 is 11.6 Å². The smallest absolute Gasteiger partial charge is 0.412 e. The van der Waals surface area contributed by atoms with Crippen molar-refractivity contribution >= 4 is 23.4 Å². The van der Waals surface area contributed by atoms with E-state index in [1.807, 2.05) is 57.2 Å². The minimum Gasteiger partial charge on any atom is -0.444 e. The molecule has 1 aliphatic rings. The molecular weight excluding hydrogens is 378 g/mol. The average molecular weight is 404 g/mol. The average Bonchev–Trinajstić information content (AvgIpc) is 2.60. The van der Waals surface area contributed by atoms with Crippen molar-refractivity contribution in [2.24, 2.45) is 0 Å². The van der Waals surface area contributed by atoms with Crippen LogP contribution in [0.1, 0.15) is 26.3 Å². The molecule has 0 radical (unpaired) electrons. The molecule has 2 heterocycles. The third-order valence-electron chi connectivity index (χ3n) is 4.17. The largest absolute Gasteiger partial charge is 0.444 e. The molecule has 6 nitrogen and oxygen atoms in total. The van der Waals surface area contributed by atoms with Crippen LogP contribution in [0.3, 0.4) is 0 Å². The van der Waals surface area contributed by atoms with E-state index in [4.69, 9.17) is 21.1 Å². The highest BCUT2D eigenvalue weighted by Gasteiger charge is 2.17. The Morgan fingerprint density at radius 3 is 2.71 bits per heavy atom. The second-order valence-electron chi connectivity index (χ2n) is 7.78. The van der Waals surface area contributed by atoms with Gasteiger partial charge in [-0.2, -0.15) is 0 Å². The Balaban J connectivity index is 1.76. The number of hydrogen-bond donors (Lipinski definition) is 1. The van der Waals surface area contributed by atoms with Crippen LogP contribution in [0.5, 0.6) is 0 Å². The van der Waals surface area contributed by atoms with Crippen molar-refractivity contribution < 1.29 is 14.3 Å². The Kier molecular flexibility index (Phi) is 6.54. The highest BCUT2D eigenvalue weighted by atomic mass is 35.5. The number of halogens is 1. The summed E-state index contributed by atoms with van der Waals surface area (Å²) in [4.78, 5) is 18.8. The summed E-state index contributed by atoms with van der Waals surface area (Å²) in [6, 6.07) is 11.4. The van der Waals surface area contributed by atoms with Crippen molar-refractivity contribution in [3.63, 3.8) is 0 Å². The van der Waals surface area contributed by atoms with Crippen LogP contribution in [0.15, 0.2) is 36.4 Å². The number of carbonyl (C=O) groups excluding carboxylic acids is 1. The second-order valence-corrected chi connectivity index (χ2v) is 8.17. The van der Waals surface area contributed by atoms with Gasteiger partial charge in [0.15, 0.2) is 0 Å². The number of nitrogens with one attached hydrogen (secondary N) is 1. The lowest BCUT2D eigenvalue weighted by atomic mass is 10.1. The molecule has 0 spiro atoms. The molecule has 1 aromatic carbocycles. The van der Waals surface area contributed by atoms with E-state index in [-0.39, 0.29) is 0 Å². The quantitative estimate of drug-likeness (QED) is 0.757. The van der Waals surface area contributed by atoms with Gasteiger partial charge in [0.05, 0.1) is 18.9 Å². The molecule has 1 saturated heterocycles. The molecule has 2 aromatic rings. The monoisotopic (exact) mass is 403 g/mol. The van der Waals surface area contributed by atoms with E-state index in [9.17, 15) is 4.79 Å². The summed E-state index contributed by atoms with van der Waals surface area (Å²) in [6.07, 6.45) is -0.489. The van der Waals surface area contributed by atoms with Gasteiger partial charge in [-0.1, -0.05) is 23.7 Å². The van der Waals surface area contributed by atoms with Crippen molar-refractivity contribution in [1.29, 1.82) is 0 Å². The maximum Gasteiger partial charge on any atom is 0.412 e. The normalized spacial score (nSPS) is 15.3. The first-order chi connectivity index (χ1) is 13.3. The number of morpholine rings is 1. The Labute approximate surface area is 170 Å². The first-order valence-electron chi connectivity index (χ1n) is 9.35. The Morgan fingerprint density at radius 2 is 2.00 bits per heavy atom. The van der Waals surface area contributed by atoms with Gasteiger partial charge in [0.25, 0.3) is 0 Å². The van der Waals surface area contributed by atoms with Gasteiger partial charge in [-0.05, 0) is 50.6 Å². The molecule has 0 bridgehead atoms. The molecule has 3 rings (SSSR count). The van der Waals surface area contributed by atoms with Gasteiger partial charge in [0.2, 0.25) is 0 Å². The first kappa shape index (κ1) is 20.6. The third-order valence-corrected chi connectivity index (χ3v) is 4.36. The minimum absolute atomic E-state index is 0.450. The van der Waals surface area contributed by atoms with E-state index in [1.165, 1.54) is 0 Å². The highest BCUT2D eigenvalue weighted by molar-refractivity contribution is 6.29. The molecule has 1 N–H and O–H groups in total. The minimum atomic E-state index is -0.551. The van der Waals surface area contributed by atoms with E-state index in [0.717, 1.165) is 49.7 Å². The van der Waals surface area contributed by atoms with Gasteiger partial charge in [-0.15, -0.1) is 0 Å². The Hall–Kier alpha value is -2.15. The van der Waals surface area contributed by atoms with Crippen molar-refractivity contribution in [2.75, 3.05) is 31.6 Å². The number of pyridine rings is 1. The fourth-order valence-corrected chi connectivity index (χ4v) is 3.22. The van der Waals surface area contributed by atoms with E-state index in [0.29, 0.717) is 10.8 Å². The lowest BCUT2D eigenvalue weighted by molar-refractivity contribution is 0.0342. The number of rotatable bonds is 4. The van der Waals surface area contributed by atoms with Gasteiger partial charge < -0.3 is 9.47 Å². The molecule has 1 aromatic heterocycles. The lowest BCUT2D eigenvalue weighted by Gasteiger charge is -2.26. The van der Waals surface area contributed by atoms with Crippen molar-refractivity contribution in [2.45, 2.75) is 32.9 Å². The van der Waals surface area contributed by atoms with Gasteiger partial charge >= 0.3 is 6.09 Å². The molecule has 0 atom stereocenters. The summed E-state index contributed by atoms with van der Waals surface area (Å²) in [7, 11) is 0. The van der Waals surface area contributed by atoms with Crippen LogP contribution in [0.4, 0.5) is 10.5 Å². The van der Waals surface area contributed by atoms with E-state index >= 15 is 0 Å². The van der Waals surface area contributed by atoms with Gasteiger partial charge in [-0.25, -0.2) is 9.78 Å². The summed E-state index contributed by atoms with van der Waals surface area (Å²) in [6.45, 7) is 9.61. The molecule has 1 aliphatic heterocycles. The number of amides is 1. The molecule has 7 heteroatoms. The van der Waals surface area contributed by atoms with Crippen LogP contribution in [0, 0.1) is 0 Å². The van der Waals surface area contributed by atoms with Crippen LogP contribution in [0.25, 0.3) is 11.3 Å². The molecule has 1 fully saturated rings. The van der Waals surface area contributed by atoms with E-state index in [1.54, 1.807) is 0 Å². The molecule has 0 saturated carbocycles. The number of hydrogen-bond acceptors (Lipinski definition) is 5. The lowest BCUT2D eigenvalue weighted by Crippen LogP contribution is -2.35.